The topological polar surface area (TPSA) is 49.3 Å². The van der Waals surface area contributed by atoms with Crippen molar-refractivity contribution < 1.29 is 9.90 Å². The number of nitrogens with one attached hydrogen (secondary N) is 1. The molecule has 0 aliphatic heterocycles. The summed E-state index contributed by atoms with van der Waals surface area (Å²) in [5, 5.41) is 12.4. The van der Waals surface area contributed by atoms with Crippen molar-refractivity contribution in [3.05, 3.63) is 33.3 Å². The number of likely N-dealkylation sites (N-methyl/N-ethyl adjacent to an activating group) is 1. The number of carboxylic acids is 1. The van der Waals surface area contributed by atoms with Gasteiger partial charge in [-0.15, -0.1) is 0 Å². The molecule has 0 spiro atoms. The molecule has 82 valence electrons. The fraction of sp³-hybridized carbons (Fsp3) is 0.300. The first-order chi connectivity index (χ1) is 7.06. The Bertz CT molecular complexity index is 370. The maximum atomic E-state index is 11.0. The summed E-state index contributed by atoms with van der Waals surface area (Å²) in [4.78, 5) is 11.0. The zero-order valence-electron chi connectivity index (χ0n) is 8.13. The van der Waals surface area contributed by atoms with Crippen molar-refractivity contribution in [2.45, 2.75) is 13.0 Å². The molecule has 1 aromatic carbocycles. The van der Waals surface area contributed by atoms with E-state index < -0.39 is 12.0 Å². The Balaban J connectivity index is 3.01. The highest BCUT2D eigenvalue weighted by molar-refractivity contribution is 9.10. The molecule has 5 heteroatoms. The summed E-state index contributed by atoms with van der Waals surface area (Å²) in [5.74, 6) is -0.907. The molecule has 1 atom stereocenters. The Kier molecular flexibility index (Phi) is 4.57. The van der Waals surface area contributed by atoms with E-state index in [1.165, 1.54) is 0 Å². The molecule has 1 rings (SSSR count). The second-order valence-corrected chi connectivity index (χ2v) is 4.26. The molecule has 1 unspecified atom stereocenters. The molecule has 1 aromatic rings. The Labute approximate surface area is 102 Å². The lowest BCUT2D eigenvalue weighted by Gasteiger charge is -2.13. The van der Waals surface area contributed by atoms with Gasteiger partial charge in [-0.2, -0.15) is 0 Å². The van der Waals surface area contributed by atoms with E-state index in [2.05, 4.69) is 21.2 Å². The van der Waals surface area contributed by atoms with Crippen LogP contribution in [0.1, 0.15) is 18.5 Å². The van der Waals surface area contributed by atoms with Crippen molar-refractivity contribution in [1.82, 2.24) is 5.32 Å². The largest absolute Gasteiger partial charge is 0.480 e. The van der Waals surface area contributed by atoms with Crippen LogP contribution >= 0.6 is 27.5 Å². The van der Waals surface area contributed by atoms with E-state index in [4.69, 9.17) is 16.7 Å². The van der Waals surface area contributed by atoms with Gasteiger partial charge in [-0.3, -0.25) is 4.79 Å². The molecular formula is C10H11BrClNO2. The summed E-state index contributed by atoms with van der Waals surface area (Å²) in [5.41, 5.74) is 0.651. The molecular weight excluding hydrogens is 281 g/mol. The summed E-state index contributed by atoms with van der Waals surface area (Å²) in [7, 11) is 0. The first-order valence-corrected chi connectivity index (χ1v) is 5.64. The second kappa shape index (κ2) is 5.49. The van der Waals surface area contributed by atoms with Crippen LogP contribution in [0.5, 0.6) is 0 Å². The third-order valence-electron chi connectivity index (χ3n) is 1.93. The summed E-state index contributed by atoms with van der Waals surface area (Å²) in [6, 6.07) is 4.41. The summed E-state index contributed by atoms with van der Waals surface area (Å²) >= 11 is 9.15. The van der Waals surface area contributed by atoms with Gasteiger partial charge in [-0.1, -0.05) is 24.6 Å². The van der Waals surface area contributed by atoms with Crippen LogP contribution in [0.3, 0.4) is 0 Å². The van der Waals surface area contributed by atoms with Crippen molar-refractivity contribution in [3.8, 4) is 0 Å². The zero-order valence-corrected chi connectivity index (χ0v) is 10.5. The van der Waals surface area contributed by atoms with Gasteiger partial charge in [0.25, 0.3) is 0 Å². The monoisotopic (exact) mass is 291 g/mol. The number of rotatable bonds is 4. The fourth-order valence-electron chi connectivity index (χ4n) is 1.24. The van der Waals surface area contributed by atoms with E-state index in [0.29, 0.717) is 17.1 Å². The summed E-state index contributed by atoms with van der Waals surface area (Å²) in [6.45, 7) is 2.45. The van der Waals surface area contributed by atoms with Crippen molar-refractivity contribution in [1.29, 1.82) is 0 Å². The molecule has 0 radical (unpaired) electrons. The number of hydrogen-bond acceptors (Lipinski definition) is 2. The van der Waals surface area contributed by atoms with Gasteiger partial charge in [0.05, 0.1) is 5.02 Å². The lowest BCUT2D eigenvalue weighted by Crippen LogP contribution is -2.28. The van der Waals surface area contributed by atoms with Crippen molar-refractivity contribution >= 4 is 33.5 Å². The zero-order chi connectivity index (χ0) is 11.4. The van der Waals surface area contributed by atoms with Gasteiger partial charge in [0.2, 0.25) is 0 Å². The van der Waals surface area contributed by atoms with Gasteiger partial charge in [0.15, 0.2) is 0 Å². The second-order valence-electron chi connectivity index (χ2n) is 3.00. The molecule has 0 bridgehead atoms. The molecule has 15 heavy (non-hydrogen) atoms. The maximum Gasteiger partial charge on any atom is 0.325 e. The predicted molar refractivity (Wildman–Crippen MR) is 63.2 cm³/mol. The van der Waals surface area contributed by atoms with Crippen LogP contribution < -0.4 is 5.32 Å². The average Bonchev–Trinajstić information content (AvgIpc) is 2.18. The van der Waals surface area contributed by atoms with Gasteiger partial charge in [0, 0.05) is 4.47 Å². The van der Waals surface area contributed by atoms with Crippen LogP contribution in [0.2, 0.25) is 5.02 Å². The minimum Gasteiger partial charge on any atom is -0.480 e. The van der Waals surface area contributed by atoms with Crippen molar-refractivity contribution in [3.63, 3.8) is 0 Å². The van der Waals surface area contributed by atoms with E-state index in [1.807, 2.05) is 6.92 Å². The molecule has 3 nitrogen and oxygen atoms in total. The molecule has 0 aliphatic rings. The molecule has 0 heterocycles. The number of carbonyl (C=O) groups is 1. The first-order valence-electron chi connectivity index (χ1n) is 4.47. The highest BCUT2D eigenvalue weighted by Gasteiger charge is 2.18. The third kappa shape index (κ3) is 3.19. The Hall–Kier alpha value is -0.580. The lowest BCUT2D eigenvalue weighted by molar-refractivity contribution is -0.139. The van der Waals surface area contributed by atoms with Gasteiger partial charge in [-0.25, -0.2) is 0 Å². The molecule has 0 aromatic heterocycles. The summed E-state index contributed by atoms with van der Waals surface area (Å²) < 4.78 is 0.758. The number of carboxylic acid groups (broad SMARTS) is 1. The highest BCUT2D eigenvalue weighted by atomic mass is 79.9. The van der Waals surface area contributed by atoms with Gasteiger partial charge >= 0.3 is 5.97 Å². The van der Waals surface area contributed by atoms with Gasteiger partial charge in [-0.05, 0) is 40.2 Å². The predicted octanol–water partition coefficient (Wildman–Crippen LogP) is 2.84. The van der Waals surface area contributed by atoms with E-state index >= 15 is 0 Å². The van der Waals surface area contributed by atoms with Crippen LogP contribution in [-0.2, 0) is 4.79 Å². The Morgan fingerprint density at radius 2 is 2.33 bits per heavy atom. The van der Waals surface area contributed by atoms with Crippen molar-refractivity contribution in [2.75, 3.05) is 6.54 Å². The first kappa shape index (κ1) is 12.5. The minimum atomic E-state index is -0.907. The standard InChI is InChI=1S/C10H11BrClNO2/c1-2-13-9(10(14)15)6-3-4-7(11)8(12)5-6/h3-5,9,13H,2H2,1H3,(H,14,15). The Morgan fingerprint density at radius 1 is 1.67 bits per heavy atom. The Morgan fingerprint density at radius 3 is 2.80 bits per heavy atom. The van der Waals surface area contributed by atoms with Crippen LogP contribution in [0.25, 0.3) is 0 Å². The molecule has 0 amide bonds. The lowest BCUT2D eigenvalue weighted by atomic mass is 10.1. The molecule has 0 saturated carbocycles. The van der Waals surface area contributed by atoms with E-state index in [0.717, 1.165) is 4.47 Å². The van der Waals surface area contributed by atoms with Crippen molar-refractivity contribution in [2.24, 2.45) is 0 Å². The van der Waals surface area contributed by atoms with E-state index in [9.17, 15) is 4.79 Å². The van der Waals surface area contributed by atoms with Gasteiger partial charge in [0.1, 0.15) is 6.04 Å². The van der Waals surface area contributed by atoms with Crippen LogP contribution in [-0.4, -0.2) is 17.6 Å². The molecule has 0 fully saturated rings. The number of benzene rings is 1. The molecule has 2 N–H and O–H groups in total. The van der Waals surface area contributed by atoms with E-state index in [-0.39, 0.29) is 0 Å². The maximum absolute atomic E-state index is 11.0. The highest BCUT2D eigenvalue weighted by Crippen LogP contribution is 2.26. The quantitative estimate of drug-likeness (QED) is 0.897. The number of aliphatic carboxylic acids is 1. The number of hydrogen-bond donors (Lipinski definition) is 2. The van der Waals surface area contributed by atoms with Crippen LogP contribution in [0.15, 0.2) is 22.7 Å². The smallest absolute Gasteiger partial charge is 0.325 e. The minimum absolute atomic E-state index is 0.511. The average molecular weight is 293 g/mol. The fourth-order valence-corrected chi connectivity index (χ4v) is 1.68. The van der Waals surface area contributed by atoms with Crippen LogP contribution in [0.4, 0.5) is 0 Å². The summed E-state index contributed by atoms with van der Waals surface area (Å²) in [6.07, 6.45) is 0. The molecule has 0 aliphatic carbocycles. The number of halogens is 2. The van der Waals surface area contributed by atoms with E-state index in [1.54, 1.807) is 18.2 Å². The van der Waals surface area contributed by atoms with Crippen LogP contribution in [0, 0.1) is 0 Å². The SMILES string of the molecule is CCNC(C(=O)O)c1ccc(Br)c(Cl)c1. The third-order valence-corrected chi connectivity index (χ3v) is 3.16. The normalized spacial score (nSPS) is 12.5. The molecule has 0 saturated heterocycles. The van der Waals surface area contributed by atoms with Gasteiger partial charge < -0.3 is 10.4 Å².